The molecule has 0 saturated carbocycles. The van der Waals surface area contributed by atoms with Gasteiger partial charge in [-0.2, -0.15) is 0 Å². The van der Waals surface area contributed by atoms with Gasteiger partial charge in [0.25, 0.3) is 5.70 Å². The molecule has 0 amide bonds. The van der Waals surface area contributed by atoms with Gasteiger partial charge in [0.2, 0.25) is 6.23 Å². The lowest BCUT2D eigenvalue weighted by atomic mass is 10.2. The number of rotatable bonds is 1. The van der Waals surface area contributed by atoms with E-state index in [1.54, 1.807) is 0 Å². The second-order valence-corrected chi connectivity index (χ2v) is 3.02. The van der Waals surface area contributed by atoms with E-state index in [9.17, 15) is 10.1 Å². The number of hydrogen-bond donors (Lipinski definition) is 1. The third-order valence-electron chi connectivity index (χ3n) is 1.18. The van der Waals surface area contributed by atoms with Gasteiger partial charge in [0.15, 0.2) is 0 Å². The van der Waals surface area contributed by atoms with Crippen LogP contribution in [0.5, 0.6) is 0 Å². The Bertz CT molecular complexity index is 238. The lowest BCUT2D eigenvalue weighted by Gasteiger charge is -2.08. The minimum atomic E-state index is -1.32. The monoisotopic (exact) mass is 220 g/mol. The van der Waals surface area contributed by atoms with Crippen LogP contribution in [0.2, 0.25) is 0 Å². The SMILES string of the molecule is O=[N+]([O-])C1=CC(Br)C=NC1O. The number of nitro groups is 1. The number of allylic oxidation sites excluding steroid dienone is 1. The Kier molecular flexibility index (Phi) is 2.35. The van der Waals surface area contributed by atoms with E-state index in [1.807, 2.05) is 0 Å². The summed E-state index contributed by atoms with van der Waals surface area (Å²) in [6.45, 7) is 0. The first-order valence-corrected chi connectivity index (χ1v) is 3.74. The first kappa shape index (κ1) is 8.35. The van der Waals surface area contributed by atoms with Gasteiger partial charge in [-0.05, 0) is 0 Å². The molecule has 1 N–H and O–H groups in total. The second-order valence-electron chi connectivity index (χ2n) is 1.96. The van der Waals surface area contributed by atoms with Crippen molar-refractivity contribution in [1.29, 1.82) is 0 Å². The molecular weight excluding hydrogens is 216 g/mol. The zero-order valence-electron chi connectivity index (χ0n) is 5.35. The van der Waals surface area contributed by atoms with E-state index in [1.165, 1.54) is 12.3 Å². The normalized spacial score (nSPS) is 29.8. The minimum absolute atomic E-state index is 0.258. The number of aliphatic hydroxyl groups excluding tert-OH is 1. The molecule has 0 saturated heterocycles. The topological polar surface area (TPSA) is 75.7 Å². The van der Waals surface area contributed by atoms with Gasteiger partial charge < -0.3 is 5.11 Å². The Morgan fingerprint density at radius 2 is 2.45 bits per heavy atom. The molecule has 0 aromatic rings. The molecule has 1 rings (SSSR count). The van der Waals surface area contributed by atoms with E-state index >= 15 is 0 Å². The van der Waals surface area contributed by atoms with E-state index in [0.717, 1.165) is 0 Å². The molecule has 0 fully saturated rings. The molecule has 2 atom stereocenters. The first-order valence-electron chi connectivity index (χ1n) is 2.83. The van der Waals surface area contributed by atoms with Crippen LogP contribution in [0.15, 0.2) is 16.8 Å². The van der Waals surface area contributed by atoms with E-state index in [4.69, 9.17) is 5.11 Å². The maximum absolute atomic E-state index is 10.2. The summed E-state index contributed by atoms with van der Waals surface area (Å²) in [6, 6.07) is 0. The van der Waals surface area contributed by atoms with Crippen LogP contribution in [0.25, 0.3) is 0 Å². The van der Waals surface area contributed by atoms with Gasteiger partial charge in [-0.25, -0.2) is 0 Å². The van der Waals surface area contributed by atoms with Crippen molar-refractivity contribution in [3.63, 3.8) is 0 Å². The maximum Gasteiger partial charge on any atom is 0.294 e. The Morgan fingerprint density at radius 1 is 1.82 bits per heavy atom. The summed E-state index contributed by atoms with van der Waals surface area (Å²) in [5, 5.41) is 19.1. The molecule has 1 aliphatic heterocycles. The summed E-state index contributed by atoms with van der Waals surface area (Å²) in [4.78, 5) is 12.8. The Labute approximate surface area is 70.7 Å². The van der Waals surface area contributed by atoms with Crippen LogP contribution < -0.4 is 0 Å². The molecule has 0 spiro atoms. The van der Waals surface area contributed by atoms with Gasteiger partial charge in [0.05, 0.1) is 9.75 Å². The van der Waals surface area contributed by atoms with Gasteiger partial charge in [-0.1, -0.05) is 15.9 Å². The van der Waals surface area contributed by atoms with Crippen LogP contribution in [0.1, 0.15) is 0 Å². The smallest absolute Gasteiger partial charge is 0.294 e. The van der Waals surface area contributed by atoms with Crippen LogP contribution in [0, 0.1) is 10.1 Å². The second kappa shape index (κ2) is 3.10. The molecule has 0 aromatic heterocycles. The molecular formula is C5H5BrN2O3. The van der Waals surface area contributed by atoms with Gasteiger partial charge in [-0.3, -0.25) is 15.1 Å². The summed E-state index contributed by atoms with van der Waals surface area (Å²) >= 11 is 3.08. The van der Waals surface area contributed by atoms with Crippen LogP contribution in [0.3, 0.4) is 0 Å². The van der Waals surface area contributed by atoms with Crippen molar-refractivity contribution in [2.45, 2.75) is 11.1 Å². The Balaban J connectivity index is 2.84. The van der Waals surface area contributed by atoms with Gasteiger partial charge in [0.1, 0.15) is 0 Å². The van der Waals surface area contributed by atoms with Crippen molar-refractivity contribution in [3.8, 4) is 0 Å². The Morgan fingerprint density at radius 3 is 2.91 bits per heavy atom. The molecule has 11 heavy (non-hydrogen) atoms. The van der Waals surface area contributed by atoms with Crippen LogP contribution in [-0.2, 0) is 0 Å². The third-order valence-corrected chi connectivity index (χ3v) is 1.68. The number of halogens is 1. The lowest BCUT2D eigenvalue weighted by Crippen LogP contribution is -2.21. The number of aliphatic hydroxyl groups is 1. The largest absolute Gasteiger partial charge is 0.363 e. The quantitative estimate of drug-likeness (QED) is 0.393. The van der Waals surface area contributed by atoms with Gasteiger partial charge >= 0.3 is 0 Å². The molecule has 0 aliphatic carbocycles. The lowest BCUT2D eigenvalue weighted by molar-refractivity contribution is -0.436. The fourth-order valence-electron chi connectivity index (χ4n) is 0.687. The minimum Gasteiger partial charge on any atom is -0.363 e. The maximum atomic E-state index is 10.2. The molecule has 0 aromatic carbocycles. The van der Waals surface area contributed by atoms with Crippen molar-refractivity contribution in [2.24, 2.45) is 4.99 Å². The third kappa shape index (κ3) is 1.84. The first-order chi connectivity index (χ1) is 5.11. The van der Waals surface area contributed by atoms with Crippen LogP contribution >= 0.6 is 15.9 Å². The predicted molar refractivity (Wildman–Crippen MR) is 42.3 cm³/mol. The van der Waals surface area contributed by atoms with E-state index in [0.29, 0.717) is 0 Å². The molecule has 0 bridgehead atoms. The average molecular weight is 221 g/mol. The van der Waals surface area contributed by atoms with Crippen molar-refractivity contribution in [2.75, 3.05) is 0 Å². The zero-order chi connectivity index (χ0) is 8.43. The summed E-state index contributed by atoms with van der Waals surface area (Å²) in [5.41, 5.74) is -0.283. The van der Waals surface area contributed by atoms with Crippen molar-refractivity contribution in [3.05, 3.63) is 21.9 Å². The van der Waals surface area contributed by atoms with E-state index in [2.05, 4.69) is 20.9 Å². The molecule has 2 unspecified atom stereocenters. The predicted octanol–water partition coefficient (Wildman–Crippen LogP) is 0.313. The molecule has 6 heteroatoms. The fourth-order valence-corrected chi connectivity index (χ4v) is 1.09. The van der Waals surface area contributed by atoms with Gasteiger partial charge in [-0.15, -0.1) is 0 Å². The number of nitrogens with zero attached hydrogens (tertiary/aromatic N) is 2. The molecule has 5 nitrogen and oxygen atoms in total. The average Bonchev–Trinajstić information content (AvgIpc) is 1.94. The van der Waals surface area contributed by atoms with Crippen LogP contribution in [-0.4, -0.2) is 27.3 Å². The highest BCUT2D eigenvalue weighted by Crippen LogP contribution is 2.14. The van der Waals surface area contributed by atoms with Crippen molar-refractivity contribution >= 4 is 22.1 Å². The summed E-state index contributed by atoms with van der Waals surface area (Å²) in [7, 11) is 0. The number of aliphatic imine (C=N–C) groups is 1. The summed E-state index contributed by atoms with van der Waals surface area (Å²) in [5.74, 6) is 0. The van der Waals surface area contributed by atoms with E-state index < -0.39 is 11.2 Å². The number of hydrogen-bond acceptors (Lipinski definition) is 4. The fraction of sp³-hybridized carbons (Fsp3) is 0.400. The van der Waals surface area contributed by atoms with Crippen molar-refractivity contribution < 1.29 is 10.0 Å². The highest BCUT2D eigenvalue weighted by atomic mass is 79.9. The highest BCUT2D eigenvalue weighted by molar-refractivity contribution is 9.10. The molecule has 60 valence electrons. The highest BCUT2D eigenvalue weighted by Gasteiger charge is 2.25. The number of dihydropyridines is 1. The summed E-state index contributed by atoms with van der Waals surface area (Å²) < 4.78 is 0. The van der Waals surface area contributed by atoms with Crippen molar-refractivity contribution in [1.82, 2.24) is 0 Å². The zero-order valence-corrected chi connectivity index (χ0v) is 6.93. The Hall–Kier alpha value is -0.750. The number of alkyl halides is 1. The standard InChI is InChI=1S/C5H5BrN2O3/c6-3-1-4(8(10)11)5(9)7-2-3/h1-3,5,9H. The van der Waals surface area contributed by atoms with Crippen LogP contribution in [0.4, 0.5) is 0 Å². The summed E-state index contributed by atoms with van der Waals surface area (Å²) in [6.07, 6.45) is 1.38. The molecule has 0 radical (unpaired) electrons. The van der Waals surface area contributed by atoms with E-state index in [-0.39, 0.29) is 10.5 Å². The van der Waals surface area contributed by atoms with Gasteiger partial charge in [0, 0.05) is 12.3 Å². The molecule has 1 heterocycles. The molecule has 1 aliphatic rings.